The number of amides is 1. The zero-order chi connectivity index (χ0) is 17.0. The molecular weight excluding hydrogens is 318 g/mol. The molecule has 1 fully saturated rings. The Balaban J connectivity index is 2.15. The summed E-state index contributed by atoms with van der Waals surface area (Å²) in [5.74, 6) is -0.855. The highest BCUT2D eigenvalue weighted by atomic mass is 32.2. The number of nitrogens with zero attached hydrogens (tertiary/aromatic N) is 1. The van der Waals surface area contributed by atoms with E-state index in [9.17, 15) is 18.0 Å². The summed E-state index contributed by atoms with van der Waals surface area (Å²) in [6.07, 6.45) is 0.494. The third-order valence-electron chi connectivity index (χ3n) is 3.93. The van der Waals surface area contributed by atoms with Gasteiger partial charge in [0.2, 0.25) is 5.91 Å². The van der Waals surface area contributed by atoms with Crippen LogP contribution in [-0.4, -0.2) is 56.4 Å². The molecule has 1 aromatic carbocycles. The van der Waals surface area contributed by atoms with Crippen LogP contribution in [0.15, 0.2) is 24.3 Å². The topological polar surface area (TPSA) is 80.8 Å². The number of hydrogen-bond donors (Lipinski definition) is 0. The van der Waals surface area contributed by atoms with Gasteiger partial charge in [-0.1, -0.05) is 29.8 Å². The number of aryl methyl sites for hydroxylation is 1. The molecule has 1 aromatic rings. The van der Waals surface area contributed by atoms with Crippen LogP contribution in [0.3, 0.4) is 0 Å². The first-order valence-corrected chi connectivity index (χ1v) is 9.25. The van der Waals surface area contributed by atoms with Gasteiger partial charge in [0.25, 0.3) is 0 Å². The van der Waals surface area contributed by atoms with Crippen LogP contribution in [-0.2, 0) is 30.6 Å². The number of esters is 1. The van der Waals surface area contributed by atoms with E-state index in [-0.39, 0.29) is 30.4 Å². The molecule has 0 radical (unpaired) electrons. The van der Waals surface area contributed by atoms with Crippen molar-refractivity contribution in [2.75, 3.05) is 25.2 Å². The summed E-state index contributed by atoms with van der Waals surface area (Å²) in [6, 6.07) is 7.08. The Hall–Kier alpha value is -1.89. The highest BCUT2D eigenvalue weighted by molar-refractivity contribution is 7.91. The third-order valence-corrected chi connectivity index (χ3v) is 5.68. The van der Waals surface area contributed by atoms with Crippen LogP contribution in [0.25, 0.3) is 0 Å². The van der Waals surface area contributed by atoms with E-state index < -0.39 is 21.8 Å². The van der Waals surface area contributed by atoms with Crippen molar-refractivity contribution in [3.8, 4) is 0 Å². The molecule has 1 aliphatic heterocycles. The molecule has 6 nitrogen and oxygen atoms in total. The number of hydrogen-bond acceptors (Lipinski definition) is 5. The Morgan fingerprint density at radius 1 is 1.35 bits per heavy atom. The number of ether oxygens (including phenoxy) is 1. The minimum atomic E-state index is -3.14. The maximum absolute atomic E-state index is 12.6. The fraction of sp³-hybridized carbons (Fsp3) is 0.500. The van der Waals surface area contributed by atoms with Crippen LogP contribution in [0.4, 0.5) is 0 Å². The molecule has 0 spiro atoms. The molecular formula is C16H21NO5S. The van der Waals surface area contributed by atoms with E-state index in [1.165, 1.54) is 12.0 Å². The average molecular weight is 339 g/mol. The second kappa shape index (κ2) is 7.12. The van der Waals surface area contributed by atoms with Gasteiger partial charge in [0.1, 0.15) is 6.54 Å². The van der Waals surface area contributed by atoms with Gasteiger partial charge in [-0.3, -0.25) is 9.59 Å². The molecule has 2 rings (SSSR count). The molecule has 1 amide bonds. The maximum atomic E-state index is 12.6. The van der Waals surface area contributed by atoms with Gasteiger partial charge < -0.3 is 9.64 Å². The van der Waals surface area contributed by atoms with Crippen molar-refractivity contribution in [1.29, 1.82) is 0 Å². The molecule has 1 atom stereocenters. The quantitative estimate of drug-likeness (QED) is 0.739. The highest BCUT2D eigenvalue weighted by Gasteiger charge is 2.35. The van der Waals surface area contributed by atoms with Crippen molar-refractivity contribution < 1.29 is 22.7 Å². The van der Waals surface area contributed by atoms with E-state index in [0.717, 1.165) is 11.1 Å². The molecule has 1 aliphatic rings. The van der Waals surface area contributed by atoms with E-state index in [2.05, 4.69) is 4.74 Å². The van der Waals surface area contributed by atoms with Gasteiger partial charge in [0.05, 0.1) is 25.0 Å². The lowest BCUT2D eigenvalue weighted by Crippen LogP contribution is -2.45. The van der Waals surface area contributed by atoms with E-state index in [1.807, 2.05) is 31.2 Å². The van der Waals surface area contributed by atoms with Crippen LogP contribution < -0.4 is 0 Å². The predicted molar refractivity (Wildman–Crippen MR) is 85.7 cm³/mol. The zero-order valence-corrected chi connectivity index (χ0v) is 14.1. The van der Waals surface area contributed by atoms with Crippen molar-refractivity contribution in [2.45, 2.75) is 25.8 Å². The van der Waals surface area contributed by atoms with Gasteiger partial charge in [0.15, 0.2) is 9.84 Å². The third kappa shape index (κ3) is 4.79. The van der Waals surface area contributed by atoms with Gasteiger partial charge in [-0.2, -0.15) is 0 Å². The summed E-state index contributed by atoms with van der Waals surface area (Å²) in [7, 11) is -1.90. The van der Waals surface area contributed by atoms with Crippen molar-refractivity contribution in [2.24, 2.45) is 0 Å². The second-order valence-corrected chi connectivity index (χ2v) is 8.05. The van der Waals surface area contributed by atoms with Crippen molar-refractivity contribution >= 4 is 21.7 Å². The fourth-order valence-electron chi connectivity index (χ4n) is 2.74. The first-order valence-electron chi connectivity index (χ1n) is 7.43. The largest absolute Gasteiger partial charge is 0.468 e. The van der Waals surface area contributed by atoms with Gasteiger partial charge in [-0.15, -0.1) is 0 Å². The molecule has 0 bridgehead atoms. The zero-order valence-electron chi connectivity index (χ0n) is 13.3. The lowest BCUT2D eigenvalue weighted by molar-refractivity contribution is -0.148. The summed E-state index contributed by atoms with van der Waals surface area (Å²) in [6.45, 7) is 1.71. The molecule has 1 saturated heterocycles. The number of methoxy groups -OCH3 is 1. The van der Waals surface area contributed by atoms with Gasteiger partial charge in [-0.05, 0) is 18.9 Å². The summed E-state index contributed by atoms with van der Waals surface area (Å²) in [5.41, 5.74) is 1.88. The predicted octanol–water partition coefficient (Wildman–Crippen LogP) is 0.726. The summed E-state index contributed by atoms with van der Waals surface area (Å²) < 4.78 is 28.0. The molecule has 0 N–H and O–H groups in total. The SMILES string of the molecule is COC(=O)CN(C(=O)Cc1cccc(C)c1)[C@H]1CCS(=O)(=O)C1. The molecule has 0 aliphatic carbocycles. The smallest absolute Gasteiger partial charge is 0.325 e. The summed E-state index contributed by atoms with van der Waals surface area (Å²) >= 11 is 0. The first kappa shape index (κ1) is 17.5. The molecule has 126 valence electrons. The molecule has 7 heteroatoms. The number of carbonyl (C=O) groups is 2. The van der Waals surface area contributed by atoms with Crippen molar-refractivity contribution in [3.05, 3.63) is 35.4 Å². The molecule has 0 saturated carbocycles. The lowest BCUT2D eigenvalue weighted by atomic mass is 10.1. The first-order chi connectivity index (χ1) is 10.8. The number of carbonyl (C=O) groups excluding carboxylic acids is 2. The molecule has 0 aromatic heterocycles. The number of sulfone groups is 1. The Morgan fingerprint density at radius 3 is 2.65 bits per heavy atom. The Morgan fingerprint density at radius 2 is 2.09 bits per heavy atom. The Kier molecular flexibility index (Phi) is 5.41. The number of benzene rings is 1. The monoisotopic (exact) mass is 339 g/mol. The summed E-state index contributed by atoms with van der Waals surface area (Å²) in [4.78, 5) is 25.5. The van der Waals surface area contributed by atoms with Gasteiger partial charge >= 0.3 is 5.97 Å². The van der Waals surface area contributed by atoms with Crippen LogP contribution in [0.1, 0.15) is 17.5 Å². The Labute approximate surface area is 136 Å². The minimum Gasteiger partial charge on any atom is -0.468 e. The van der Waals surface area contributed by atoms with E-state index in [1.54, 1.807) is 0 Å². The van der Waals surface area contributed by atoms with E-state index in [0.29, 0.717) is 6.42 Å². The van der Waals surface area contributed by atoms with Crippen molar-refractivity contribution in [1.82, 2.24) is 4.90 Å². The normalized spacial score (nSPS) is 19.3. The van der Waals surface area contributed by atoms with E-state index in [4.69, 9.17) is 0 Å². The minimum absolute atomic E-state index is 0.0487. The maximum Gasteiger partial charge on any atom is 0.325 e. The van der Waals surface area contributed by atoms with Crippen LogP contribution in [0.5, 0.6) is 0 Å². The second-order valence-electron chi connectivity index (χ2n) is 5.82. The number of rotatable bonds is 5. The standard InChI is InChI=1S/C16H21NO5S/c1-12-4-3-5-13(8-12)9-15(18)17(10-16(19)22-2)14-6-7-23(20,21)11-14/h3-5,8,14H,6-7,9-11H2,1-2H3/t14-/m0/s1. The highest BCUT2D eigenvalue weighted by Crippen LogP contribution is 2.19. The average Bonchev–Trinajstić information content (AvgIpc) is 2.84. The van der Waals surface area contributed by atoms with Crippen LogP contribution in [0.2, 0.25) is 0 Å². The summed E-state index contributed by atoms with van der Waals surface area (Å²) in [5, 5.41) is 0. The van der Waals surface area contributed by atoms with Crippen molar-refractivity contribution in [3.63, 3.8) is 0 Å². The molecule has 0 unspecified atom stereocenters. The van der Waals surface area contributed by atoms with Gasteiger partial charge in [-0.25, -0.2) is 8.42 Å². The molecule has 1 heterocycles. The lowest BCUT2D eigenvalue weighted by Gasteiger charge is -2.27. The Bertz CT molecular complexity index is 698. The van der Waals surface area contributed by atoms with Crippen LogP contribution in [0, 0.1) is 6.92 Å². The van der Waals surface area contributed by atoms with E-state index >= 15 is 0 Å². The van der Waals surface area contributed by atoms with Crippen LogP contribution >= 0.6 is 0 Å². The molecule has 23 heavy (non-hydrogen) atoms. The fourth-order valence-corrected chi connectivity index (χ4v) is 4.47. The van der Waals surface area contributed by atoms with Gasteiger partial charge in [0, 0.05) is 6.04 Å².